The van der Waals surface area contributed by atoms with E-state index >= 15 is 0 Å². The number of para-hydroxylation sites is 3. The van der Waals surface area contributed by atoms with Crippen molar-refractivity contribution in [3.63, 3.8) is 0 Å². The molecule has 0 amide bonds. The van der Waals surface area contributed by atoms with Gasteiger partial charge in [-0.25, -0.2) is 0 Å². The summed E-state index contributed by atoms with van der Waals surface area (Å²) in [6.45, 7) is 14.3. The Bertz CT molecular complexity index is 2860. The number of rotatable bonds is 2. The molecule has 0 bridgehead atoms. The summed E-state index contributed by atoms with van der Waals surface area (Å²) in [6, 6.07) is 55.0. The molecule has 0 atom stereocenters. The van der Waals surface area contributed by atoms with Gasteiger partial charge in [-0.15, -0.1) is 0 Å². The van der Waals surface area contributed by atoms with Crippen LogP contribution in [0.25, 0.3) is 49.7 Å². The molecule has 7 aromatic carbocycles. The van der Waals surface area contributed by atoms with Crippen LogP contribution in [0.2, 0.25) is 0 Å². The molecule has 0 saturated heterocycles. The van der Waals surface area contributed by atoms with Gasteiger partial charge in [-0.1, -0.05) is 139 Å². The molecule has 0 spiro atoms. The standard InChI is InChI=1S/C51H42N2/c1-49(2)38-16-9-7-14-34(38)36-29-37-35-15-8-11-20-44(35)52(47(37)30-42(36)49)33-25-22-31(23-26-33)32-24-27-46-43(28-32)51(5,6)41-19-13-18-40-48(41)53(46)45-21-12-10-17-39(45)50(40,3)4/h7-30H,1-6H3. The Morgan fingerprint density at radius 2 is 0.981 bits per heavy atom. The summed E-state index contributed by atoms with van der Waals surface area (Å²) in [5, 5.41) is 2.60. The number of hydrogen-bond donors (Lipinski definition) is 0. The zero-order valence-corrected chi connectivity index (χ0v) is 31.3. The van der Waals surface area contributed by atoms with Crippen LogP contribution in [0.5, 0.6) is 0 Å². The number of fused-ring (bicyclic) bond motifs is 10. The normalized spacial score (nSPS) is 16.5. The minimum Gasteiger partial charge on any atom is -0.309 e. The number of aromatic nitrogens is 1. The highest BCUT2D eigenvalue weighted by molar-refractivity contribution is 6.11. The molecule has 2 aliphatic heterocycles. The number of anilines is 3. The van der Waals surface area contributed by atoms with Gasteiger partial charge in [0.15, 0.2) is 0 Å². The molecule has 2 heteroatoms. The minimum atomic E-state index is -0.161. The van der Waals surface area contributed by atoms with E-state index < -0.39 is 0 Å². The largest absolute Gasteiger partial charge is 0.309 e. The Morgan fingerprint density at radius 3 is 1.77 bits per heavy atom. The van der Waals surface area contributed by atoms with E-state index in [0.29, 0.717) is 0 Å². The second-order valence-corrected chi connectivity index (χ2v) is 17.0. The molecular formula is C51H42N2. The van der Waals surface area contributed by atoms with Gasteiger partial charge in [0.1, 0.15) is 0 Å². The summed E-state index contributed by atoms with van der Waals surface area (Å²) < 4.78 is 2.47. The van der Waals surface area contributed by atoms with E-state index in [4.69, 9.17) is 0 Å². The molecule has 256 valence electrons. The summed E-state index contributed by atoms with van der Waals surface area (Å²) in [6.07, 6.45) is 0. The van der Waals surface area contributed by atoms with Crippen LogP contribution >= 0.6 is 0 Å². The predicted octanol–water partition coefficient (Wildman–Crippen LogP) is 13.5. The summed E-state index contributed by atoms with van der Waals surface area (Å²) in [5.41, 5.74) is 20.8. The van der Waals surface area contributed by atoms with Crippen molar-refractivity contribution in [3.05, 3.63) is 179 Å². The van der Waals surface area contributed by atoms with Gasteiger partial charge in [-0.2, -0.15) is 0 Å². The van der Waals surface area contributed by atoms with E-state index in [-0.39, 0.29) is 16.2 Å². The smallest absolute Gasteiger partial charge is 0.0544 e. The molecule has 3 heterocycles. The highest BCUT2D eigenvalue weighted by Gasteiger charge is 2.45. The zero-order valence-electron chi connectivity index (χ0n) is 31.3. The molecule has 1 aliphatic carbocycles. The third kappa shape index (κ3) is 3.88. The van der Waals surface area contributed by atoms with Crippen LogP contribution in [0.1, 0.15) is 74.9 Å². The third-order valence-corrected chi connectivity index (χ3v) is 13.2. The van der Waals surface area contributed by atoms with E-state index in [9.17, 15) is 0 Å². The summed E-state index contributed by atoms with van der Waals surface area (Å²) in [7, 11) is 0. The van der Waals surface area contributed by atoms with Crippen LogP contribution in [0.15, 0.2) is 146 Å². The molecule has 0 N–H and O–H groups in total. The number of hydrogen-bond acceptors (Lipinski definition) is 1. The highest BCUT2D eigenvalue weighted by atomic mass is 15.2. The molecule has 0 radical (unpaired) electrons. The number of nitrogens with zero attached hydrogens (tertiary/aromatic N) is 2. The van der Waals surface area contributed by atoms with Crippen LogP contribution in [0.4, 0.5) is 17.1 Å². The average Bonchev–Trinajstić information content (AvgIpc) is 3.61. The van der Waals surface area contributed by atoms with Gasteiger partial charge in [-0.3, -0.25) is 0 Å². The lowest BCUT2D eigenvalue weighted by Crippen LogP contribution is -2.38. The Labute approximate surface area is 312 Å². The van der Waals surface area contributed by atoms with Crippen molar-refractivity contribution in [2.24, 2.45) is 0 Å². The second kappa shape index (κ2) is 10.2. The van der Waals surface area contributed by atoms with Gasteiger partial charge in [0.05, 0.1) is 28.1 Å². The third-order valence-electron chi connectivity index (χ3n) is 13.2. The van der Waals surface area contributed by atoms with Crippen LogP contribution in [-0.2, 0) is 16.2 Å². The van der Waals surface area contributed by atoms with Gasteiger partial charge in [-0.05, 0) is 104 Å². The zero-order chi connectivity index (χ0) is 36.0. The molecule has 3 aliphatic rings. The van der Waals surface area contributed by atoms with Gasteiger partial charge in [0, 0.05) is 32.7 Å². The molecular weight excluding hydrogens is 641 g/mol. The first kappa shape index (κ1) is 30.7. The lowest BCUT2D eigenvalue weighted by Gasteiger charge is -2.49. The van der Waals surface area contributed by atoms with Gasteiger partial charge in [0.25, 0.3) is 0 Å². The lowest BCUT2D eigenvalue weighted by atomic mass is 9.66. The Morgan fingerprint density at radius 1 is 0.377 bits per heavy atom. The molecule has 11 rings (SSSR count). The number of benzene rings is 7. The molecule has 8 aromatic rings. The Balaban J connectivity index is 1.04. The maximum atomic E-state index is 2.54. The van der Waals surface area contributed by atoms with Crippen molar-refractivity contribution in [2.75, 3.05) is 4.90 Å². The first-order chi connectivity index (χ1) is 25.6. The Hall–Kier alpha value is -5.86. The maximum Gasteiger partial charge on any atom is 0.0544 e. The van der Waals surface area contributed by atoms with Crippen molar-refractivity contribution in [2.45, 2.75) is 57.8 Å². The maximum absolute atomic E-state index is 2.54. The first-order valence-electron chi connectivity index (χ1n) is 19.0. The highest BCUT2D eigenvalue weighted by Crippen LogP contribution is 2.60. The predicted molar refractivity (Wildman–Crippen MR) is 223 cm³/mol. The van der Waals surface area contributed by atoms with E-state index in [1.54, 1.807) is 0 Å². The molecule has 1 aromatic heterocycles. The molecule has 2 nitrogen and oxygen atoms in total. The van der Waals surface area contributed by atoms with E-state index in [2.05, 4.69) is 197 Å². The van der Waals surface area contributed by atoms with E-state index in [1.807, 2.05) is 0 Å². The summed E-state index contributed by atoms with van der Waals surface area (Å²) >= 11 is 0. The van der Waals surface area contributed by atoms with Crippen molar-refractivity contribution in [1.82, 2.24) is 4.57 Å². The van der Waals surface area contributed by atoms with Crippen LogP contribution < -0.4 is 4.90 Å². The molecule has 0 unspecified atom stereocenters. The van der Waals surface area contributed by atoms with Crippen molar-refractivity contribution in [3.8, 4) is 27.9 Å². The minimum absolute atomic E-state index is 0.0555. The van der Waals surface area contributed by atoms with Crippen molar-refractivity contribution < 1.29 is 0 Å². The fourth-order valence-corrected chi connectivity index (χ4v) is 10.3. The van der Waals surface area contributed by atoms with E-state index in [0.717, 1.165) is 0 Å². The summed E-state index contributed by atoms with van der Waals surface area (Å²) in [4.78, 5) is 2.54. The van der Waals surface area contributed by atoms with E-state index in [1.165, 1.54) is 100 Å². The van der Waals surface area contributed by atoms with Gasteiger partial charge >= 0.3 is 0 Å². The second-order valence-electron chi connectivity index (χ2n) is 17.0. The van der Waals surface area contributed by atoms with Crippen LogP contribution in [-0.4, -0.2) is 4.57 Å². The Kier molecular flexibility index (Phi) is 5.90. The topological polar surface area (TPSA) is 8.17 Å². The molecule has 0 fully saturated rings. The lowest BCUT2D eigenvalue weighted by molar-refractivity contribution is 0.597. The van der Waals surface area contributed by atoms with Crippen molar-refractivity contribution in [1.29, 1.82) is 0 Å². The SMILES string of the molecule is CC1(C)c2ccccc2-c2cc3c4ccccc4n(-c4ccc(-c5ccc6c(c5)C(C)(C)c5cccc7c5N6c5ccccc5C7(C)C)cc4)c3cc21. The van der Waals surface area contributed by atoms with Crippen LogP contribution in [0.3, 0.4) is 0 Å². The first-order valence-corrected chi connectivity index (χ1v) is 19.0. The van der Waals surface area contributed by atoms with Crippen LogP contribution in [0, 0.1) is 0 Å². The van der Waals surface area contributed by atoms with Crippen molar-refractivity contribution >= 4 is 38.9 Å². The summed E-state index contributed by atoms with van der Waals surface area (Å²) in [5.74, 6) is 0. The monoisotopic (exact) mass is 682 g/mol. The molecule has 53 heavy (non-hydrogen) atoms. The molecule has 0 saturated carbocycles. The average molecular weight is 683 g/mol. The quantitative estimate of drug-likeness (QED) is 0.176. The van der Waals surface area contributed by atoms with Gasteiger partial charge < -0.3 is 9.47 Å². The fraction of sp³-hybridized carbons (Fsp3) is 0.176. The fourth-order valence-electron chi connectivity index (χ4n) is 10.3. The van der Waals surface area contributed by atoms with Gasteiger partial charge in [0.2, 0.25) is 0 Å².